The molecule has 2 aromatic carbocycles. The number of amides is 2. The first kappa shape index (κ1) is 17.9. The van der Waals surface area contributed by atoms with E-state index in [1.807, 2.05) is 31.3 Å². The van der Waals surface area contributed by atoms with Gasteiger partial charge >= 0.3 is 0 Å². The van der Waals surface area contributed by atoms with Crippen LogP contribution in [0.3, 0.4) is 0 Å². The lowest BCUT2D eigenvalue weighted by Crippen LogP contribution is -2.32. The Kier molecular flexibility index (Phi) is 5.53. The normalized spacial score (nSPS) is 15.7. The van der Waals surface area contributed by atoms with E-state index in [1.54, 1.807) is 36.3 Å². The number of rotatable bonds is 7. The fourth-order valence-corrected chi connectivity index (χ4v) is 3.11. The molecule has 2 N–H and O–H groups in total. The van der Waals surface area contributed by atoms with Crippen LogP contribution in [0.4, 0.5) is 5.69 Å². The van der Waals surface area contributed by atoms with Crippen LogP contribution in [-0.2, 0) is 4.79 Å². The first-order chi connectivity index (χ1) is 12.6. The maximum absolute atomic E-state index is 12.2. The van der Waals surface area contributed by atoms with Gasteiger partial charge in [-0.2, -0.15) is 0 Å². The number of methoxy groups -OCH3 is 1. The molecule has 0 saturated heterocycles. The lowest BCUT2D eigenvalue weighted by atomic mass is 10.0. The van der Waals surface area contributed by atoms with Gasteiger partial charge in [-0.15, -0.1) is 0 Å². The van der Waals surface area contributed by atoms with Gasteiger partial charge in [0.05, 0.1) is 13.2 Å². The smallest absolute Gasteiger partial charge is 0.254 e. The summed E-state index contributed by atoms with van der Waals surface area (Å²) in [7, 11) is 3.41. The average molecular weight is 353 g/mol. The maximum Gasteiger partial charge on any atom is 0.254 e. The number of hydrogen-bond donors (Lipinski definition) is 2. The summed E-state index contributed by atoms with van der Waals surface area (Å²) < 4.78 is 5.09. The molecule has 2 aromatic rings. The van der Waals surface area contributed by atoms with Crippen molar-refractivity contribution in [2.45, 2.75) is 12.5 Å². The first-order valence-electron chi connectivity index (χ1n) is 8.61. The van der Waals surface area contributed by atoms with Crippen LogP contribution < -0.4 is 15.4 Å². The van der Waals surface area contributed by atoms with E-state index in [-0.39, 0.29) is 17.9 Å². The first-order valence-corrected chi connectivity index (χ1v) is 8.61. The van der Waals surface area contributed by atoms with Crippen molar-refractivity contribution in [3.63, 3.8) is 0 Å². The summed E-state index contributed by atoms with van der Waals surface area (Å²) in [6, 6.07) is 14.9. The largest absolute Gasteiger partial charge is 0.497 e. The van der Waals surface area contributed by atoms with Gasteiger partial charge in [0, 0.05) is 37.8 Å². The molecule has 0 spiro atoms. The molecule has 1 heterocycles. The molecule has 0 saturated carbocycles. The lowest BCUT2D eigenvalue weighted by molar-refractivity contribution is -0.116. The topological polar surface area (TPSA) is 70.7 Å². The predicted molar refractivity (Wildman–Crippen MR) is 100 cm³/mol. The van der Waals surface area contributed by atoms with Crippen molar-refractivity contribution in [1.29, 1.82) is 0 Å². The van der Waals surface area contributed by atoms with Gasteiger partial charge in [0.15, 0.2) is 0 Å². The molecule has 6 heteroatoms. The third-order valence-electron chi connectivity index (χ3n) is 4.58. The summed E-state index contributed by atoms with van der Waals surface area (Å²) in [5.74, 6) is 0.740. The summed E-state index contributed by atoms with van der Waals surface area (Å²) in [4.78, 5) is 26.0. The van der Waals surface area contributed by atoms with E-state index < -0.39 is 0 Å². The maximum atomic E-state index is 12.2. The van der Waals surface area contributed by atoms with Crippen molar-refractivity contribution in [2.75, 3.05) is 32.6 Å². The molecule has 1 aliphatic heterocycles. The van der Waals surface area contributed by atoms with E-state index >= 15 is 0 Å². The molecular weight excluding hydrogens is 330 g/mol. The van der Waals surface area contributed by atoms with E-state index in [9.17, 15) is 9.59 Å². The monoisotopic (exact) mass is 353 g/mol. The van der Waals surface area contributed by atoms with E-state index in [0.29, 0.717) is 19.5 Å². The van der Waals surface area contributed by atoms with E-state index in [2.05, 4.69) is 10.6 Å². The van der Waals surface area contributed by atoms with Crippen molar-refractivity contribution in [1.82, 2.24) is 10.2 Å². The van der Waals surface area contributed by atoms with Crippen LogP contribution in [0.15, 0.2) is 48.5 Å². The Bertz CT molecular complexity index is 789. The summed E-state index contributed by atoms with van der Waals surface area (Å²) in [6.07, 6.45) is 0.359. The van der Waals surface area contributed by atoms with Crippen LogP contribution >= 0.6 is 0 Å². The van der Waals surface area contributed by atoms with E-state index in [1.165, 1.54) is 0 Å². The number of fused-ring (bicyclic) bond motifs is 1. The van der Waals surface area contributed by atoms with Crippen molar-refractivity contribution < 1.29 is 14.3 Å². The van der Waals surface area contributed by atoms with Crippen LogP contribution in [-0.4, -0.2) is 44.0 Å². The molecule has 1 unspecified atom stereocenters. The Balaban J connectivity index is 1.45. The molecule has 3 rings (SSSR count). The molecule has 26 heavy (non-hydrogen) atoms. The number of anilines is 1. The summed E-state index contributed by atoms with van der Waals surface area (Å²) >= 11 is 0. The number of carbonyl (C=O) groups excluding carboxylic acids is 2. The van der Waals surface area contributed by atoms with Crippen molar-refractivity contribution in [3.8, 4) is 5.75 Å². The number of likely N-dealkylation sites (N-methyl/N-ethyl adjacent to an activating group) is 1. The second-order valence-electron chi connectivity index (χ2n) is 6.25. The van der Waals surface area contributed by atoms with Crippen LogP contribution in [0, 0.1) is 0 Å². The van der Waals surface area contributed by atoms with Gasteiger partial charge in [-0.05, 0) is 35.9 Å². The van der Waals surface area contributed by atoms with Crippen LogP contribution in [0.25, 0.3) is 0 Å². The van der Waals surface area contributed by atoms with Crippen molar-refractivity contribution >= 4 is 17.5 Å². The standard InChI is InChI=1S/C20H23N3O3/c1-23-18(16-5-3-4-6-17(16)20(23)25)13-21-12-11-19(24)22-14-7-9-15(26-2)10-8-14/h3-10,18,21H,11-13H2,1-2H3,(H,22,24). The van der Waals surface area contributed by atoms with Gasteiger partial charge in [-0.3, -0.25) is 9.59 Å². The third kappa shape index (κ3) is 3.86. The molecule has 0 aromatic heterocycles. The molecule has 136 valence electrons. The minimum Gasteiger partial charge on any atom is -0.497 e. The Morgan fingerprint density at radius 2 is 1.88 bits per heavy atom. The summed E-state index contributed by atoms with van der Waals surface area (Å²) in [5, 5.41) is 6.13. The van der Waals surface area contributed by atoms with Gasteiger partial charge in [-0.25, -0.2) is 0 Å². The number of carbonyl (C=O) groups is 2. The minimum absolute atomic E-state index is 0.00310. The zero-order valence-electron chi connectivity index (χ0n) is 15.0. The van der Waals surface area contributed by atoms with Gasteiger partial charge < -0.3 is 20.3 Å². The highest BCUT2D eigenvalue weighted by Gasteiger charge is 2.33. The fourth-order valence-electron chi connectivity index (χ4n) is 3.11. The van der Waals surface area contributed by atoms with Gasteiger partial charge in [0.25, 0.3) is 5.91 Å². The quantitative estimate of drug-likeness (QED) is 0.750. The number of nitrogens with zero attached hydrogens (tertiary/aromatic N) is 1. The molecule has 0 bridgehead atoms. The minimum atomic E-state index is -0.0566. The van der Waals surface area contributed by atoms with Crippen molar-refractivity contribution in [3.05, 3.63) is 59.7 Å². The SMILES string of the molecule is COc1ccc(NC(=O)CCNCC2c3ccccc3C(=O)N2C)cc1. The fraction of sp³-hybridized carbons (Fsp3) is 0.300. The molecule has 2 amide bonds. The molecule has 1 aliphatic rings. The van der Waals surface area contributed by atoms with E-state index in [0.717, 1.165) is 22.6 Å². The second-order valence-corrected chi connectivity index (χ2v) is 6.25. The number of benzene rings is 2. The molecule has 1 atom stereocenters. The molecule has 0 radical (unpaired) electrons. The van der Waals surface area contributed by atoms with Gasteiger partial charge in [0.1, 0.15) is 5.75 Å². The molecular formula is C20H23N3O3. The van der Waals surface area contributed by atoms with Gasteiger partial charge in [0.2, 0.25) is 5.91 Å². The van der Waals surface area contributed by atoms with E-state index in [4.69, 9.17) is 4.74 Å². The number of ether oxygens (including phenoxy) is 1. The second kappa shape index (κ2) is 8.01. The number of nitrogens with one attached hydrogen (secondary N) is 2. The van der Waals surface area contributed by atoms with Crippen molar-refractivity contribution in [2.24, 2.45) is 0 Å². The highest BCUT2D eigenvalue weighted by Crippen LogP contribution is 2.31. The Morgan fingerprint density at radius 3 is 2.62 bits per heavy atom. The van der Waals surface area contributed by atoms with Crippen LogP contribution in [0.1, 0.15) is 28.4 Å². The highest BCUT2D eigenvalue weighted by atomic mass is 16.5. The Labute approximate surface area is 153 Å². The molecule has 0 fully saturated rings. The predicted octanol–water partition coefficient (Wildman–Crippen LogP) is 2.44. The lowest BCUT2D eigenvalue weighted by Gasteiger charge is -2.21. The molecule has 0 aliphatic carbocycles. The van der Waals surface area contributed by atoms with Crippen LogP contribution in [0.5, 0.6) is 5.75 Å². The average Bonchev–Trinajstić information content (AvgIpc) is 2.91. The Hall–Kier alpha value is -2.86. The van der Waals surface area contributed by atoms with Crippen LogP contribution in [0.2, 0.25) is 0 Å². The highest BCUT2D eigenvalue weighted by molar-refractivity contribution is 5.99. The third-order valence-corrected chi connectivity index (χ3v) is 4.58. The Morgan fingerprint density at radius 1 is 1.15 bits per heavy atom. The van der Waals surface area contributed by atoms with Gasteiger partial charge in [-0.1, -0.05) is 18.2 Å². The summed E-state index contributed by atoms with van der Waals surface area (Å²) in [6.45, 7) is 1.16. The molecule has 6 nitrogen and oxygen atoms in total. The summed E-state index contributed by atoms with van der Waals surface area (Å²) in [5.41, 5.74) is 2.54. The zero-order valence-corrected chi connectivity index (χ0v) is 15.0. The zero-order chi connectivity index (χ0) is 18.5. The number of hydrogen-bond acceptors (Lipinski definition) is 4.